The summed E-state index contributed by atoms with van der Waals surface area (Å²) in [5.41, 5.74) is 4.83. The fourth-order valence-electron chi connectivity index (χ4n) is 4.21. The Labute approximate surface area is 177 Å². The van der Waals surface area contributed by atoms with Gasteiger partial charge in [-0.1, -0.05) is 18.2 Å². The number of aromatic nitrogens is 1. The van der Waals surface area contributed by atoms with E-state index in [1.165, 1.54) is 40.2 Å². The Balaban J connectivity index is 1.29. The lowest BCUT2D eigenvalue weighted by Gasteiger charge is -2.22. The van der Waals surface area contributed by atoms with Crippen LogP contribution in [0.2, 0.25) is 0 Å². The zero-order valence-electron chi connectivity index (χ0n) is 15.9. The van der Waals surface area contributed by atoms with Gasteiger partial charge in [0.25, 0.3) is 5.91 Å². The van der Waals surface area contributed by atoms with Gasteiger partial charge in [-0.3, -0.25) is 9.59 Å². The Hall–Kier alpha value is -2.51. The normalized spacial score (nSPS) is 18.1. The standard InChI is InChI=1S/C22H21N3O2S2/c26-20(18-6-2-10-25(18)21(27)19-7-3-11-28-19)24-22-23-17(13-29-22)16-9-8-14-4-1-5-15(14)12-16/h3,7-9,11-13,18H,1-2,4-6,10H2,(H,23,24,26). The van der Waals surface area contributed by atoms with Crippen molar-refractivity contribution in [2.24, 2.45) is 0 Å². The summed E-state index contributed by atoms with van der Waals surface area (Å²) in [4.78, 5) is 32.6. The van der Waals surface area contributed by atoms with Gasteiger partial charge < -0.3 is 10.2 Å². The van der Waals surface area contributed by atoms with Crippen LogP contribution in [-0.4, -0.2) is 34.3 Å². The quantitative estimate of drug-likeness (QED) is 0.667. The molecule has 5 rings (SSSR count). The van der Waals surface area contributed by atoms with Crippen molar-refractivity contribution in [3.05, 3.63) is 57.1 Å². The van der Waals surface area contributed by atoms with E-state index in [-0.39, 0.29) is 11.8 Å². The smallest absolute Gasteiger partial charge is 0.264 e. The van der Waals surface area contributed by atoms with Gasteiger partial charge in [-0.15, -0.1) is 22.7 Å². The van der Waals surface area contributed by atoms with Crippen molar-refractivity contribution in [2.45, 2.75) is 38.1 Å². The molecule has 1 unspecified atom stereocenters. The Morgan fingerprint density at radius 2 is 2.00 bits per heavy atom. The van der Waals surface area contributed by atoms with Crippen LogP contribution < -0.4 is 5.32 Å². The fourth-order valence-corrected chi connectivity index (χ4v) is 5.61. The van der Waals surface area contributed by atoms with Gasteiger partial charge in [0.1, 0.15) is 6.04 Å². The molecule has 0 radical (unpaired) electrons. The van der Waals surface area contributed by atoms with Crippen LogP contribution in [0.25, 0.3) is 11.3 Å². The number of anilines is 1. The first kappa shape index (κ1) is 18.5. The van der Waals surface area contributed by atoms with Crippen molar-refractivity contribution in [3.63, 3.8) is 0 Å². The molecule has 0 spiro atoms. The molecule has 148 valence electrons. The van der Waals surface area contributed by atoms with E-state index in [1.807, 2.05) is 22.9 Å². The van der Waals surface area contributed by atoms with Gasteiger partial charge in [0.05, 0.1) is 10.6 Å². The number of carbonyl (C=O) groups excluding carboxylic acids is 2. The fraction of sp³-hybridized carbons (Fsp3) is 0.318. The number of rotatable bonds is 4. The number of benzene rings is 1. The number of carbonyl (C=O) groups is 2. The van der Waals surface area contributed by atoms with Crippen LogP contribution in [0.3, 0.4) is 0 Å². The number of nitrogens with one attached hydrogen (secondary N) is 1. The predicted molar refractivity (Wildman–Crippen MR) is 117 cm³/mol. The highest BCUT2D eigenvalue weighted by Gasteiger charge is 2.35. The molecule has 1 fully saturated rings. The molecule has 0 saturated carbocycles. The van der Waals surface area contributed by atoms with Crippen LogP contribution in [0.1, 0.15) is 40.1 Å². The van der Waals surface area contributed by atoms with E-state index in [1.54, 1.807) is 4.90 Å². The highest BCUT2D eigenvalue weighted by molar-refractivity contribution is 7.14. The Morgan fingerprint density at radius 3 is 2.86 bits per heavy atom. The minimum Gasteiger partial charge on any atom is -0.326 e. The summed E-state index contributed by atoms with van der Waals surface area (Å²) in [6.07, 6.45) is 5.04. The molecule has 0 bridgehead atoms. The molecule has 29 heavy (non-hydrogen) atoms. The predicted octanol–water partition coefficient (Wildman–Crippen LogP) is 4.60. The number of hydrogen-bond donors (Lipinski definition) is 1. The van der Waals surface area contributed by atoms with Crippen molar-refractivity contribution in [3.8, 4) is 11.3 Å². The summed E-state index contributed by atoms with van der Waals surface area (Å²) in [6, 6.07) is 9.77. The first-order chi connectivity index (χ1) is 14.2. The van der Waals surface area contributed by atoms with E-state index in [2.05, 4.69) is 28.5 Å². The van der Waals surface area contributed by atoms with Gasteiger partial charge in [0, 0.05) is 17.5 Å². The average Bonchev–Trinajstić information content (AvgIpc) is 3.54. The SMILES string of the molecule is O=C(Nc1nc(-c2ccc3c(c2)CCC3)cs1)C1CCCN1C(=O)c1cccs1. The first-order valence-electron chi connectivity index (χ1n) is 9.92. The van der Waals surface area contributed by atoms with E-state index >= 15 is 0 Å². The van der Waals surface area contributed by atoms with Gasteiger partial charge in [0.2, 0.25) is 5.91 Å². The molecule has 3 aromatic rings. The molecule has 1 aliphatic carbocycles. The molecular formula is C22H21N3O2S2. The second kappa shape index (κ2) is 7.72. The summed E-state index contributed by atoms with van der Waals surface area (Å²) in [5.74, 6) is -0.210. The average molecular weight is 424 g/mol. The van der Waals surface area contributed by atoms with Crippen LogP contribution in [0, 0.1) is 0 Å². The highest BCUT2D eigenvalue weighted by Crippen LogP contribution is 2.30. The third-order valence-corrected chi connectivity index (χ3v) is 7.29. The highest BCUT2D eigenvalue weighted by atomic mass is 32.1. The topological polar surface area (TPSA) is 62.3 Å². The molecule has 2 aromatic heterocycles. The summed E-state index contributed by atoms with van der Waals surface area (Å²) >= 11 is 2.84. The van der Waals surface area contributed by atoms with Gasteiger partial charge in [0.15, 0.2) is 5.13 Å². The van der Waals surface area contributed by atoms with Crippen LogP contribution in [-0.2, 0) is 17.6 Å². The molecule has 1 aromatic carbocycles. The molecule has 1 aliphatic heterocycles. The largest absolute Gasteiger partial charge is 0.326 e. The van der Waals surface area contributed by atoms with E-state index in [9.17, 15) is 9.59 Å². The van der Waals surface area contributed by atoms with E-state index < -0.39 is 6.04 Å². The molecule has 1 saturated heterocycles. The van der Waals surface area contributed by atoms with Crippen molar-refractivity contribution in [1.29, 1.82) is 0 Å². The maximum absolute atomic E-state index is 12.9. The second-order valence-corrected chi connectivity index (χ2v) is 9.30. The summed E-state index contributed by atoms with van der Waals surface area (Å²) in [5, 5.41) is 7.38. The second-order valence-electron chi connectivity index (χ2n) is 7.50. The molecule has 5 nitrogen and oxygen atoms in total. The third-order valence-electron chi connectivity index (χ3n) is 5.68. The van der Waals surface area contributed by atoms with Crippen molar-refractivity contribution < 1.29 is 9.59 Å². The monoisotopic (exact) mass is 423 g/mol. The maximum Gasteiger partial charge on any atom is 0.264 e. The number of thiophene rings is 1. The Kier molecular flexibility index (Phi) is 4.93. The van der Waals surface area contributed by atoms with Crippen LogP contribution in [0.4, 0.5) is 5.13 Å². The Morgan fingerprint density at radius 1 is 1.10 bits per heavy atom. The number of aryl methyl sites for hydroxylation is 2. The molecule has 2 amide bonds. The minimum absolute atomic E-state index is 0.0596. The lowest BCUT2D eigenvalue weighted by molar-refractivity contribution is -0.119. The van der Waals surface area contributed by atoms with Gasteiger partial charge >= 0.3 is 0 Å². The van der Waals surface area contributed by atoms with Gasteiger partial charge in [-0.2, -0.15) is 0 Å². The minimum atomic E-state index is -0.433. The lowest BCUT2D eigenvalue weighted by atomic mass is 10.1. The number of thiazole rings is 1. The van der Waals surface area contributed by atoms with Crippen molar-refractivity contribution >= 4 is 39.6 Å². The first-order valence-corrected chi connectivity index (χ1v) is 11.7. The van der Waals surface area contributed by atoms with E-state index in [0.29, 0.717) is 23.0 Å². The number of amides is 2. The van der Waals surface area contributed by atoms with E-state index in [4.69, 9.17) is 0 Å². The van der Waals surface area contributed by atoms with Gasteiger partial charge in [-0.25, -0.2) is 4.98 Å². The Bertz CT molecular complexity index is 1060. The van der Waals surface area contributed by atoms with Crippen molar-refractivity contribution in [2.75, 3.05) is 11.9 Å². The zero-order valence-corrected chi connectivity index (χ0v) is 17.5. The van der Waals surface area contributed by atoms with Crippen molar-refractivity contribution in [1.82, 2.24) is 9.88 Å². The summed E-state index contributed by atoms with van der Waals surface area (Å²) in [7, 11) is 0. The zero-order chi connectivity index (χ0) is 19.8. The molecule has 1 N–H and O–H groups in total. The molecule has 3 heterocycles. The number of fused-ring (bicyclic) bond motifs is 1. The summed E-state index contributed by atoms with van der Waals surface area (Å²) < 4.78 is 0. The number of hydrogen-bond acceptors (Lipinski definition) is 5. The van der Waals surface area contributed by atoms with Crippen LogP contribution >= 0.6 is 22.7 Å². The molecule has 1 atom stereocenters. The molecule has 2 aliphatic rings. The third kappa shape index (κ3) is 3.60. The summed E-state index contributed by atoms with van der Waals surface area (Å²) in [6.45, 7) is 0.618. The lowest BCUT2D eigenvalue weighted by Crippen LogP contribution is -2.42. The molecule has 7 heteroatoms. The van der Waals surface area contributed by atoms with Gasteiger partial charge in [-0.05, 0) is 60.7 Å². The molecular weight excluding hydrogens is 402 g/mol. The number of nitrogens with zero attached hydrogens (tertiary/aromatic N) is 2. The number of likely N-dealkylation sites (tertiary alicyclic amines) is 1. The van der Waals surface area contributed by atoms with E-state index in [0.717, 1.165) is 30.5 Å². The van der Waals surface area contributed by atoms with Crippen LogP contribution in [0.5, 0.6) is 0 Å². The van der Waals surface area contributed by atoms with Crippen LogP contribution in [0.15, 0.2) is 41.1 Å². The maximum atomic E-state index is 12.9.